The molecule has 0 spiro atoms. The second-order valence-electron chi connectivity index (χ2n) is 5.20. The van der Waals surface area contributed by atoms with Gasteiger partial charge in [-0.25, -0.2) is 4.98 Å². The van der Waals surface area contributed by atoms with E-state index in [2.05, 4.69) is 20.4 Å². The number of aromatic carboxylic acids is 1. The standard InChI is InChI=1S/C15H13N5O2/c21-14(22)9-4-6-10(7-5-9)18-13-11-2-1-3-12(11)19-15-16-8-17-20(13)15/h4-8,18H,1-3H2,(H,21,22)/p-1. The fourth-order valence-corrected chi connectivity index (χ4v) is 2.78. The molecule has 4 rings (SSSR count). The van der Waals surface area contributed by atoms with Gasteiger partial charge < -0.3 is 15.2 Å². The van der Waals surface area contributed by atoms with Crippen molar-refractivity contribution in [3.05, 3.63) is 47.4 Å². The molecule has 1 aliphatic rings. The molecule has 0 radical (unpaired) electrons. The highest BCUT2D eigenvalue weighted by atomic mass is 16.4. The van der Waals surface area contributed by atoms with E-state index in [4.69, 9.17) is 0 Å². The third-order valence-electron chi connectivity index (χ3n) is 3.83. The van der Waals surface area contributed by atoms with Gasteiger partial charge in [0.1, 0.15) is 12.1 Å². The molecule has 0 amide bonds. The third kappa shape index (κ3) is 1.98. The Morgan fingerprint density at radius 2 is 2.05 bits per heavy atom. The summed E-state index contributed by atoms with van der Waals surface area (Å²) >= 11 is 0. The first-order valence-corrected chi connectivity index (χ1v) is 7.02. The average molecular weight is 294 g/mol. The zero-order valence-electron chi connectivity index (χ0n) is 11.6. The molecule has 0 aliphatic heterocycles. The molecule has 7 heteroatoms. The van der Waals surface area contributed by atoms with Gasteiger partial charge in [-0.05, 0) is 37.0 Å². The third-order valence-corrected chi connectivity index (χ3v) is 3.83. The van der Waals surface area contributed by atoms with Crippen LogP contribution >= 0.6 is 0 Å². The first-order chi connectivity index (χ1) is 10.7. The number of hydrogen-bond acceptors (Lipinski definition) is 6. The number of hydrogen-bond donors (Lipinski definition) is 1. The highest BCUT2D eigenvalue weighted by Crippen LogP contribution is 2.29. The Morgan fingerprint density at radius 3 is 2.82 bits per heavy atom. The summed E-state index contributed by atoms with van der Waals surface area (Å²) in [6.07, 6.45) is 4.42. The van der Waals surface area contributed by atoms with Crippen LogP contribution in [0.15, 0.2) is 30.6 Å². The van der Waals surface area contributed by atoms with E-state index in [1.807, 2.05) is 0 Å². The number of carbonyl (C=O) groups excluding carboxylic acids is 1. The Kier molecular flexibility index (Phi) is 2.78. The van der Waals surface area contributed by atoms with Crippen LogP contribution in [0.25, 0.3) is 5.78 Å². The molecule has 110 valence electrons. The van der Waals surface area contributed by atoms with Crippen LogP contribution in [0.4, 0.5) is 11.5 Å². The summed E-state index contributed by atoms with van der Waals surface area (Å²) in [5.74, 6) is 0.223. The maximum absolute atomic E-state index is 10.8. The van der Waals surface area contributed by atoms with Crippen molar-refractivity contribution in [2.75, 3.05) is 5.32 Å². The second-order valence-corrected chi connectivity index (χ2v) is 5.20. The predicted octanol–water partition coefficient (Wildman–Crippen LogP) is 0.720. The quantitative estimate of drug-likeness (QED) is 0.764. The van der Waals surface area contributed by atoms with Crippen LogP contribution in [0, 0.1) is 0 Å². The summed E-state index contributed by atoms with van der Waals surface area (Å²) in [5, 5.41) is 18.3. The molecular formula is C15H12N5O2-. The molecule has 0 saturated heterocycles. The highest BCUT2D eigenvalue weighted by Gasteiger charge is 2.21. The van der Waals surface area contributed by atoms with Crippen molar-refractivity contribution in [1.29, 1.82) is 0 Å². The summed E-state index contributed by atoms with van der Waals surface area (Å²) in [7, 11) is 0. The monoisotopic (exact) mass is 294 g/mol. The molecule has 0 atom stereocenters. The number of carboxylic acids is 1. The van der Waals surface area contributed by atoms with Gasteiger partial charge in [0.15, 0.2) is 0 Å². The highest BCUT2D eigenvalue weighted by molar-refractivity contribution is 5.86. The van der Waals surface area contributed by atoms with Gasteiger partial charge in [0.25, 0.3) is 5.78 Å². The van der Waals surface area contributed by atoms with Gasteiger partial charge in [0.05, 0.1) is 11.7 Å². The van der Waals surface area contributed by atoms with Crippen molar-refractivity contribution in [1.82, 2.24) is 19.6 Å². The number of benzene rings is 1. The van der Waals surface area contributed by atoms with Crippen molar-refractivity contribution < 1.29 is 9.90 Å². The fraction of sp³-hybridized carbons (Fsp3) is 0.200. The molecule has 1 aliphatic carbocycles. The number of fused-ring (bicyclic) bond motifs is 2. The molecule has 0 fully saturated rings. The van der Waals surface area contributed by atoms with Crippen molar-refractivity contribution in [3.8, 4) is 0 Å². The topological polar surface area (TPSA) is 95.2 Å². The molecule has 1 aromatic carbocycles. The SMILES string of the molecule is O=C([O-])c1ccc(Nc2c3c(nc4ncnn24)CCC3)cc1. The molecule has 1 N–H and O–H groups in total. The molecule has 22 heavy (non-hydrogen) atoms. The molecular weight excluding hydrogens is 282 g/mol. The maximum atomic E-state index is 10.8. The Morgan fingerprint density at radius 1 is 1.23 bits per heavy atom. The Bertz CT molecular complexity index is 870. The normalized spacial score (nSPS) is 13.3. The molecule has 0 unspecified atom stereocenters. The van der Waals surface area contributed by atoms with E-state index in [0.29, 0.717) is 5.78 Å². The first kappa shape index (κ1) is 12.8. The Labute approximate surface area is 125 Å². The number of rotatable bonds is 3. The van der Waals surface area contributed by atoms with Crippen LogP contribution in [0.3, 0.4) is 0 Å². The van der Waals surface area contributed by atoms with Crippen molar-refractivity contribution in [3.63, 3.8) is 0 Å². The molecule has 0 saturated carbocycles. The predicted molar refractivity (Wildman–Crippen MR) is 76.9 cm³/mol. The van der Waals surface area contributed by atoms with Crippen LogP contribution in [-0.4, -0.2) is 25.6 Å². The average Bonchev–Trinajstić information content (AvgIpc) is 3.16. The van der Waals surface area contributed by atoms with E-state index >= 15 is 0 Å². The van der Waals surface area contributed by atoms with Gasteiger partial charge in [-0.1, -0.05) is 12.1 Å². The van der Waals surface area contributed by atoms with E-state index < -0.39 is 5.97 Å². The van der Waals surface area contributed by atoms with Gasteiger partial charge in [-0.2, -0.15) is 14.6 Å². The zero-order valence-corrected chi connectivity index (χ0v) is 11.6. The minimum Gasteiger partial charge on any atom is -0.545 e. The van der Waals surface area contributed by atoms with Gasteiger partial charge in [0.2, 0.25) is 0 Å². The first-order valence-electron chi connectivity index (χ1n) is 7.02. The number of carboxylic acid groups (broad SMARTS) is 1. The largest absolute Gasteiger partial charge is 0.545 e. The smallest absolute Gasteiger partial charge is 0.254 e. The number of nitrogens with one attached hydrogen (secondary N) is 1. The summed E-state index contributed by atoms with van der Waals surface area (Å²) in [6, 6.07) is 6.43. The lowest BCUT2D eigenvalue weighted by molar-refractivity contribution is -0.255. The van der Waals surface area contributed by atoms with Gasteiger partial charge in [0, 0.05) is 11.3 Å². The van der Waals surface area contributed by atoms with E-state index in [-0.39, 0.29) is 5.56 Å². The number of aromatic nitrogens is 4. The summed E-state index contributed by atoms with van der Waals surface area (Å²) in [6.45, 7) is 0. The molecule has 7 nitrogen and oxygen atoms in total. The van der Waals surface area contributed by atoms with E-state index in [0.717, 1.165) is 42.0 Å². The van der Waals surface area contributed by atoms with Gasteiger partial charge >= 0.3 is 0 Å². The number of anilines is 2. The Hall–Kier alpha value is -2.96. The van der Waals surface area contributed by atoms with Crippen LogP contribution in [0.5, 0.6) is 0 Å². The fourth-order valence-electron chi connectivity index (χ4n) is 2.78. The van der Waals surface area contributed by atoms with Crippen molar-refractivity contribution in [2.24, 2.45) is 0 Å². The van der Waals surface area contributed by atoms with Crippen molar-refractivity contribution >= 4 is 23.3 Å². The van der Waals surface area contributed by atoms with E-state index in [1.165, 1.54) is 18.5 Å². The van der Waals surface area contributed by atoms with Crippen LogP contribution in [0.2, 0.25) is 0 Å². The maximum Gasteiger partial charge on any atom is 0.254 e. The minimum atomic E-state index is -1.19. The molecule has 2 aromatic heterocycles. The number of carbonyl (C=O) groups is 1. The lowest BCUT2D eigenvalue weighted by Crippen LogP contribution is -2.21. The Balaban J connectivity index is 1.77. The lowest BCUT2D eigenvalue weighted by atomic mass is 10.2. The minimum absolute atomic E-state index is 0.149. The molecule has 2 heterocycles. The summed E-state index contributed by atoms with van der Waals surface area (Å²) < 4.78 is 1.68. The number of nitrogens with zero attached hydrogens (tertiary/aromatic N) is 4. The van der Waals surface area contributed by atoms with Crippen LogP contribution in [0.1, 0.15) is 28.0 Å². The van der Waals surface area contributed by atoms with E-state index in [9.17, 15) is 9.90 Å². The van der Waals surface area contributed by atoms with Crippen LogP contribution < -0.4 is 10.4 Å². The van der Waals surface area contributed by atoms with E-state index in [1.54, 1.807) is 16.6 Å². The zero-order chi connectivity index (χ0) is 15.1. The van der Waals surface area contributed by atoms with Gasteiger partial charge in [-0.15, -0.1) is 0 Å². The van der Waals surface area contributed by atoms with Crippen LogP contribution in [-0.2, 0) is 12.8 Å². The molecule has 0 bridgehead atoms. The second kappa shape index (κ2) is 4.80. The number of aryl methyl sites for hydroxylation is 1. The molecule has 3 aromatic rings. The van der Waals surface area contributed by atoms with Crippen molar-refractivity contribution in [2.45, 2.75) is 19.3 Å². The lowest BCUT2D eigenvalue weighted by Gasteiger charge is -2.13. The summed E-state index contributed by atoms with van der Waals surface area (Å²) in [4.78, 5) is 19.5. The van der Waals surface area contributed by atoms with Gasteiger partial charge in [-0.3, -0.25) is 0 Å². The summed E-state index contributed by atoms with van der Waals surface area (Å²) in [5.41, 5.74) is 3.12.